The Morgan fingerprint density at radius 3 is 2.11 bits per heavy atom. The number of sulfonamides is 1. The fraction of sp³-hybridized carbons (Fsp3) is 0.185. The van der Waals surface area contributed by atoms with Gasteiger partial charge in [0.15, 0.2) is 5.76 Å². The van der Waals surface area contributed by atoms with E-state index in [1.165, 1.54) is 12.1 Å². The van der Waals surface area contributed by atoms with Gasteiger partial charge in [-0.25, -0.2) is 8.42 Å². The van der Waals surface area contributed by atoms with Gasteiger partial charge >= 0.3 is 5.97 Å². The number of aliphatic carboxylic acids is 1. The van der Waals surface area contributed by atoms with Crippen LogP contribution in [0.2, 0.25) is 0 Å². The van der Waals surface area contributed by atoms with Crippen LogP contribution in [0.25, 0.3) is 22.1 Å². The van der Waals surface area contributed by atoms with E-state index >= 15 is 0 Å². The van der Waals surface area contributed by atoms with Crippen molar-refractivity contribution < 1.29 is 27.5 Å². The number of furan rings is 1. The van der Waals surface area contributed by atoms with Crippen molar-refractivity contribution in [2.75, 3.05) is 11.9 Å². The minimum absolute atomic E-state index is 0.0134. The first kappa shape index (κ1) is 25.2. The maximum Gasteiger partial charge on any atom is 0.322 e. The normalized spacial score (nSPS) is 12.5. The number of ketones is 1. The molecule has 0 radical (unpaired) electrons. The fourth-order valence-corrected chi connectivity index (χ4v) is 5.04. The number of fused-ring (bicyclic) bond motifs is 1. The van der Waals surface area contributed by atoms with Crippen LogP contribution in [0.1, 0.15) is 24.4 Å². The monoisotopic (exact) mass is 506 g/mol. The number of carboxylic acids is 1. The lowest BCUT2D eigenvalue weighted by Gasteiger charge is -2.18. The lowest BCUT2D eigenvalue weighted by atomic mass is 10.1. The van der Waals surface area contributed by atoms with E-state index in [2.05, 4.69) is 10.0 Å². The van der Waals surface area contributed by atoms with Gasteiger partial charge in [-0.2, -0.15) is 4.72 Å². The van der Waals surface area contributed by atoms with Gasteiger partial charge in [0.25, 0.3) is 0 Å². The van der Waals surface area contributed by atoms with Crippen molar-refractivity contribution in [3.05, 3.63) is 84.6 Å². The summed E-state index contributed by atoms with van der Waals surface area (Å²) >= 11 is 0. The molecule has 0 fully saturated rings. The molecule has 1 unspecified atom stereocenters. The highest BCUT2D eigenvalue weighted by Crippen LogP contribution is 2.24. The third-order valence-electron chi connectivity index (χ3n) is 5.75. The Kier molecular flexibility index (Phi) is 7.23. The summed E-state index contributed by atoms with van der Waals surface area (Å²) in [7, 11) is -3.98. The zero-order valence-corrected chi connectivity index (χ0v) is 20.6. The molecule has 186 valence electrons. The Hall–Kier alpha value is -3.95. The lowest BCUT2D eigenvalue weighted by molar-refractivity contribution is -0.140. The van der Waals surface area contributed by atoms with Gasteiger partial charge in [0, 0.05) is 11.1 Å². The molecule has 0 aliphatic rings. The second-order valence-corrected chi connectivity index (χ2v) is 10.4. The van der Waals surface area contributed by atoms with Gasteiger partial charge in [0.2, 0.25) is 15.8 Å². The summed E-state index contributed by atoms with van der Waals surface area (Å²) in [6.07, 6.45) is 0. The van der Waals surface area contributed by atoms with Crippen LogP contribution in [0.15, 0.2) is 88.2 Å². The van der Waals surface area contributed by atoms with Crippen LogP contribution >= 0.6 is 0 Å². The quantitative estimate of drug-likeness (QED) is 0.264. The number of carbonyl (C=O) groups is 2. The number of hydrogen-bond donors (Lipinski definition) is 3. The van der Waals surface area contributed by atoms with Gasteiger partial charge in [0.1, 0.15) is 11.6 Å². The molecule has 3 N–H and O–H groups in total. The number of anilines is 1. The first-order chi connectivity index (χ1) is 17.1. The molecule has 0 amide bonds. The van der Waals surface area contributed by atoms with E-state index in [1.54, 1.807) is 32.0 Å². The Labute approximate surface area is 209 Å². The minimum Gasteiger partial charge on any atom is -0.480 e. The Morgan fingerprint density at radius 1 is 0.917 bits per heavy atom. The van der Waals surface area contributed by atoms with Gasteiger partial charge in [-0.3, -0.25) is 9.59 Å². The number of Topliss-reactive ketones (excluding diaryl/α,β-unsaturated/α-hetero) is 1. The zero-order valence-electron chi connectivity index (χ0n) is 19.8. The highest BCUT2D eigenvalue weighted by Gasteiger charge is 2.28. The van der Waals surface area contributed by atoms with Gasteiger partial charge < -0.3 is 14.8 Å². The predicted molar refractivity (Wildman–Crippen MR) is 137 cm³/mol. The summed E-state index contributed by atoms with van der Waals surface area (Å²) in [4.78, 5) is 23.8. The number of nitrogens with one attached hydrogen (secondary N) is 2. The molecule has 1 heterocycles. The van der Waals surface area contributed by atoms with Crippen LogP contribution in [-0.2, 0) is 14.8 Å². The molecule has 3 aromatic carbocycles. The predicted octanol–water partition coefficient (Wildman–Crippen LogP) is 4.78. The Morgan fingerprint density at radius 2 is 1.53 bits per heavy atom. The first-order valence-corrected chi connectivity index (χ1v) is 12.8. The molecule has 4 aromatic rings. The summed E-state index contributed by atoms with van der Waals surface area (Å²) in [5.41, 5.74) is 3.06. The molecule has 0 aliphatic heterocycles. The minimum atomic E-state index is -3.98. The number of para-hydroxylation sites is 1. The highest BCUT2D eigenvalue weighted by atomic mass is 32.2. The van der Waals surface area contributed by atoms with Crippen molar-refractivity contribution in [3.8, 4) is 11.1 Å². The molecule has 36 heavy (non-hydrogen) atoms. The topological polar surface area (TPSA) is 126 Å². The summed E-state index contributed by atoms with van der Waals surface area (Å²) in [6, 6.07) is 21.5. The van der Waals surface area contributed by atoms with Crippen molar-refractivity contribution in [1.29, 1.82) is 0 Å². The van der Waals surface area contributed by atoms with E-state index in [9.17, 15) is 23.1 Å². The van der Waals surface area contributed by atoms with Crippen LogP contribution in [0, 0.1) is 5.92 Å². The first-order valence-electron chi connectivity index (χ1n) is 11.4. The van der Waals surface area contributed by atoms with Crippen molar-refractivity contribution in [3.63, 3.8) is 0 Å². The molecule has 1 atom stereocenters. The molecule has 0 spiro atoms. The molecule has 1 aromatic heterocycles. The van der Waals surface area contributed by atoms with Crippen molar-refractivity contribution in [2.45, 2.75) is 24.8 Å². The van der Waals surface area contributed by atoms with Gasteiger partial charge in [0.05, 0.1) is 11.4 Å². The molecule has 0 saturated heterocycles. The van der Waals surface area contributed by atoms with Crippen molar-refractivity contribution >= 4 is 38.4 Å². The molecular formula is C27H26N2O6S. The van der Waals surface area contributed by atoms with E-state index in [0.717, 1.165) is 22.2 Å². The average molecular weight is 507 g/mol. The van der Waals surface area contributed by atoms with Gasteiger partial charge in [-0.05, 0) is 53.4 Å². The SMILES string of the molecule is CC(C)C(NS(=O)(=O)c1ccc(-c2ccc(NCC(=O)c3cc4ccccc4o3)cc2)cc1)C(=O)O. The summed E-state index contributed by atoms with van der Waals surface area (Å²) in [5.74, 6) is -1.49. The fourth-order valence-electron chi connectivity index (χ4n) is 3.70. The second-order valence-electron chi connectivity index (χ2n) is 8.71. The van der Waals surface area contributed by atoms with E-state index in [-0.39, 0.29) is 17.2 Å². The summed E-state index contributed by atoms with van der Waals surface area (Å²) in [6.45, 7) is 3.35. The van der Waals surface area contributed by atoms with Crippen molar-refractivity contribution in [1.82, 2.24) is 4.72 Å². The number of carbonyl (C=O) groups excluding carboxylic acids is 1. The second kappa shape index (κ2) is 10.3. The third-order valence-corrected chi connectivity index (χ3v) is 7.21. The highest BCUT2D eigenvalue weighted by molar-refractivity contribution is 7.89. The standard InChI is InChI=1S/C27H26N2O6S/c1-17(2)26(27(31)32)29-36(33,34)22-13-9-19(10-14-22)18-7-11-21(12-8-18)28-16-23(30)25-15-20-5-3-4-6-24(20)35-25/h3-15,17,26,28-29H,16H2,1-2H3,(H,31,32). The Bertz CT molecular complexity index is 1460. The number of hydrogen-bond acceptors (Lipinski definition) is 6. The molecule has 0 bridgehead atoms. The molecule has 0 saturated carbocycles. The van der Waals surface area contributed by atoms with Crippen LogP contribution in [0.4, 0.5) is 5.69 Å². The van der Waals surface area contributed by atoms with E-state index in [4.69, 9.17) is 4.42 Å². The lowest BCUT2D eigenvalue weighted by Crippen LogP contribution is -2.44. The number of benzene rings is 3. The molecule has 9 heteroatoms. The van der Waals surface area contributed by atoms with Crippen LogP contribution in [0.3, 0.4) is 0 Å². The van der Waals surface area contributed by atoms with E-state index in [0.29, 0.717) is 11.3 Å². The molecule has 0 aliphatic carbocycles. The summed E-state index contributed by atoms with van der Waals surface area (Å²) in [5, 5.41) is 13.2. The van der Waals surface area contributed by atoms with Crippen molar-refractivity contribution in [2.24, 2.45) is 5.92 Å². The molecule has 4 rings (SSSR count). The smallest absolute Gasteiger partial charge is 0.322 e. The molecule has 8 nitrogen and oxygen atoms in total. The summed E-state index contributed by atoms with van der Waals surface area (Å²) < 4.78 is 33.1. The third kappa shape index (κ3) is 5.64. The van der Waals surface area contributed by atoms with Crippen LogP contribution in [-0.4, -0.2) is 37.9 Å². The van der Waals surface area contributed by atoms with E-state index in [1.807, 2.05) is 48.5 Å². The maximum absolute atomic E-state index is 12.6. The van der Waals surface area contributed by atoms with Gasteiger partial charge in [-0.15, -0.1) is 0 Å². The number of rotatable bonds is 10. The van der Waals surface area contributed by atoms with Crippen LogP contribution in [0.5, 0.6) is 0 Å². The maximum atomic E-state index is 12.6. The van der Waals surface area contributed by atoms with Crippen LogP contribution < -0.4 is 10.0 Å². The zero-order chi connectivity index (χ0) is 25.9. The largest absolute Gasteiger partial charge is 0.480 e. The van der Waals surface area contributed by atoms with E-state index < -0.39 is 28.0 Å². The Balaban J connectivity index is 1.39. The number of carboxylic acid groups (broad SMARTS) is 1. The molecular weight excluding hydrogens is 480 g/mol. The average Bonchev–Trinajstić information content (AvgIpc) is 3.30. The van der Waals surface area contributed by atoms with Gasteiger partial charge in [-0.1, -0.05) is 56.3 Å².